The lowest BCUT2D eigenvalue weighted by atomic mass is 10.1. The summed E-state index contributed by atoms with van der Waals surface area (Å²) >= 11 is 0. The monoisotopic (exact) mass is 250 g/mol. The zero-order chi connectivity index (χ0) is 13.4. The number of rotatable bonds is 3. The van der Waals surface area contributed by atoms with Crippen molar-refractivity contribution in [3.05, 3.63) is 35.2 Å². The second kappa shape index (κ2) is 3.84. The first-order valence-corrected chi connectivity index (χ1v) is 4.64. The summed E-state index contributed by atoms with van der Waals surface area (Å²) in [6.07, 6.45) is 1.23. The minimum Gasteiger partial charge on any atom is -0.478 e. The van der Waals surface area contributed by atoms with Crippen LogP contribution in [0.4, 0.5) is 0 Å². The normalized spacial score (nSPS) is 10.4. The van der Waals surface area contributed by atoms with Crippen molar-refractivity contribution < 1.29 is 29.7 Å². The van der Waals surface area contributed by atoms with Crippen molar-refractivity contribution in [1.82, 2.24) is 9.61 Å². The number of hydrogen-bond donors (Lipinski definition) is 3. The van der Waals surface area contributed by atoms with E-state index in [4.69, 9.17) is 15.3 Å². The van der Waals surface area contributed by atoms with Crippen LogP contribution in [0.15, 0.2) is 18.3 Å². The molecule has 18 heavy (non-hydrogen) atoms. The van der Waals surface area contributed by atoms with Gasteiger partial charge in [-0.1, -0.05) is 0 Å². The maximum atomic E-state index is 11.1. The maximum absolute atomic E-state index is 11.1. The number of aromatic carboxylic acids is 3. The molecule has 8 heteroatoms. The molecule has 0 aliphatic rings. The summed E-state index contributed by atoms with van der Waals surface area (Å²) in [5.41, 5.74) is -2.14. The first-order chi connectivity index (χ1) is 8.45. The summed E-state index contributed by atoms with van der Waals surface area (Å²) in [6, 6.07) is 2.67. The van der Waals surface area contributed by atoms with E-state index in [2.05, 4.69) is 5.10 Å². The lowest BCUT2D eigenvalue weighted by Crippen LogP contribution is -2.12. The van der Waals surface area contributed by atoms with E-state index in [-0.39, 0.29) is 5.52 Å². The Morgan fingerprint density at radius 3 is 2.11 bits per heavy atom. The quantitative estimate of drug-likeness (QED) is 0.720. The highest BCUT2D eigenvalue weighted by molar-refractivity contribution is 6.13. The number of carboxylic acids is 3. The van der Waals surface area contributed by atoms with Crippen molar-refractivity contribution >= 4 is 23.4 Å². The fraction of sp³-hybridized carbons (Fsp3) is 0. The third-order valence-electron chi connectivity index (χ3n) is 2.34. The number of carboxylic acid groups (broad SMARTS) is 3. The Morgan fingerprint density at radius 2 is 1.61 bits per heavy atom. The molecule has 0 aliphatic heterocycles. The molecule has 2 aromatic rings. The topological polar surface area (TPSA) is 129 Å². The molecule has 0 fully saturated rings. The largest absolute Gasteiger partial charge is 0.478 e. The highest BCUT2D eigenvalue weighted by Crippen LogP contribution is 2.23. The lowest BCUT2D eigenvalue weighted by molar-refractivity contribution is 0.0633. The number of aromatic nitrogens is 2. The molecule has 0 aromatic carbocycles. The molecular weight excluding hydrogens is 244 g/mol. The Balaban J connectivity index is 3.05. The number of hydrogen-bond acceptors (Lipinski definition) is 4. The Bertz CT molecular complexity index is 636. The van der Waals surface area contributed by atoms with Crippen LogP contribution in [-0.4, -0.2) is 42.8 Å². The Morgan fingerprint density at radius 1 is 1.00 bits per heavy atom. The Labute approximate surface area is 98.7 Å². The molecule has 0 unspecified atom stereocenters. The zero-order valence-corrected chi connectivity index (χ0v) is 8.69. The summed E-state index contributed by atoms with van der Waals surface area (Å²) in [6.45, 7) is 0. The van der Waals surface area contributed by atoms with Gasteiger partial charge in [-0.15, -0.1) is 0 Å². The fourth-order valence-electron chi connectivity index (χ4n) is 1.71. The smallest absolute Gasteiger partial charge is 0.355 e. The molecule has 92 valence electrons. The van der Waals surface area contributed by atoms with E-state index in [1.54, 1.807) is 0 Å². The molecule has 3 N–H and O–H groups in total. The van der Waals surface area contributed by atoms with Crippen molar-refractivity contribution in [2.75, 3.05) is 0 Å². The van der Waals surface area contributed by atoms with Crippen molar-refractivity contribution in [3.8, 4) is 0 Å². The second-order valence-electron chi connectivity index (χ2n) is 3.33. The van der Waals surface area contributed by atoms with Crippen molar-refractivity contribution in [1.29, 1.82) is 0 Å². The number of carbonyl (C=O) groups is 3. The van der Waals surface area contributed by atoms with Gasteiger partial charge in [0.25, 0.3) is 0 Å². The molecule has 0 aliphatic carbocycles. The molecule has 0 atom stereocenters. The average molecular weight is 250 g/mol. The van der Waals surface area contributed by atoms with Crippen LogP contribution in [0.3, 0.4) is 0 Å². The van der Waals surface area contributed by atoms with Gasteiger partial charge in [-0.05, 0) is 12.1 Å². The number of fused-ring (bicyclic) bond motifs is 1. The molecule has 0 saturated carbocycles. The van der Waals surface area contributed by atoms with Gasteiger partial charge in [-0.2, -0.15) is 5.10 Å². The van der Waals surface area contributed by atoms with Gasteiger partial charge in [-0.25, -0.2) is 18.9 Å². The number of nitrogens with zero attached hydrogens (tertiary/aromatic N) is 2. The molecule has 0 amide bonds. The molecule has 0 bridgehead atoms. The Kier molecular flexibility index (Phi) is 2.47. The predicted molar refractivity (Wildman–Crippen MR) is 56.1 cm³/mol. The van der Waals surface area contributed by atoms with Gasteiger partial charge in [0.1, 0.15) is 11.1 Å². The van der Waals surface area contributed by atoms with Crippen LogP contribution in [0.25, 0.3) is 5.52 Å². The standard InChI is InChI=1S/C10H6N2O6/c13-8(14)5-4-2-1-3-11-12(4)7(10(17)18)6(5)9(15)16/h1-3H,(H,13,14)(H,15,16)(H,17,18). The highest BCUT2D eigenvalue weighted by atomic mass is 16.4. The molecule has 2 heterocycles. The summed E-state index contributed by atoms with van der Waals surface area (Å²) < 4.78 is 0.787. The van der Waals surface area contributed by atoms with Crippen LogP contribution in [0, 0.1) is 0 Å². The average Bonchev–Trinajstić information content (AvgIpc) is 2.63. The third kappa shape index (κ3) is 1.47. The second-order valence-corrected chi connectivity index (χ2v) is 3.33. The first kappa shape index (κ1) is 11.6. The van der Waals surface area contributed by atoms with Crippen LogP contribution in [0.2, 0.25) is 0 Å². The van der Waals surface area contributed by atoms with Gasteiger partial charge in [0, 0.05) is 6.20 Å². The summed E-state index contributed by atoms with van der Waals surface area (Å²) in [5.74, 6) is -4.71. The minimum atomic E-state index is -1.63. The van der Waals surface area contributed by atoms with Crippen LogP contribution < -0.4 is 0 Å². The molecule has 2 rings (SSSR count). The van der Waals surface area contributed by atoms with Crippen LogP contribution >= 0.6 is 0 Å². The van der Waals surface area contributed by atoms with Gasteiger partial charge in [0.05, 0.1) is 5.52 Å². The van der Waals surface area contributed by atoms with Gasteiger partial charge in [0.2, 0.25) is 0 Å². The SMILES string of the molecule is O=C(O)c1c(C(=O)O)c2cccnn2c1C(=O)O. The maximum Gasteiger partial charge on any atom is 0.355 e. The fourth-order valence-corrected chi connectivity index (χ4v) is 1.71. The van der Waals surface area contributed by atoms with Crippen molar-refractivity contribution in [2.24, 2.45) is 0 Å². The molecule has 0 saturated heterocycles. The zero-order valence-electron chi connectivity index (χ0n) is 8.69. The van der Waals surface area contributed by atoms with Gasteiger partial charge in [0.15, 0.2) is 5.69 Å². The summed E-state index contributed by atoms with van der Waals surface area (Å²) in [4.78, 5) is 33.2. The van der Waals surface area contributed by atoms with Gasteiger partial charge < -0.3 is 15.3 Å². The summed E-state index contributed by atoms with van der Waals surface area (Å²) in [7, 11) is 0. The minimum absolute atomic E-state index is 0.0835. The molecule has 2 aromatic heterocycles. The van der Waals surface area contributed by atoms with E-state index >= 15 is 0 Å². The van der Waals surface area contributed by atoms with Crippen LogP contribution in [0.5, 0.6) is 0 Å². The van der Waals surface area contributed by atoms with E-state index in [0.29, 0.717) is 0 Å². The van der Waals surface area contributed by atoms with Gasteiger partial charge in [-0.3, -0.25) is 0 Å². The van der Waals surface area contributed by atoms with Crippen molar-refractivity contribution in [2.45, 2.75) is 0 Å². The van der Waals surface area contributed by atoms with E-state index in [1.807, 2.05) is 0 Å². The predicted octanol–water partition coefficient (Wildman–Crippen LogP) is 0.429. The third-order valence-corrected chi connectivity index (χ3v) is 2.34. The Hall–Kier alpha value is -2.90. The van der Waals surface area contributed by atoms with Gasteiger partial charge >= 0.3 is 17.9 Å². The molecular formula is C10H6N2O6. The van der Waals surface area contributed by atoms with Crippen molar-refractivity contribution in [3.63, 3.8) is 0 Å². The molecule has 0 radical (unpaired) electrons. The first-order valence-electron chi connectivity index (χ1n) is 4.64. The molecule has 0 spiro atoms. The van der Waals surface area contributed by atoms with E-state index in [0.717, 1.165) is 4.52 Å². The van der Waals surface area contributed by atoms with Crippen LogP contribution in [0.1, 0.15) is 31.2 Å². The van der Waals surface area contributed by atoms with E-state index in [9.17, 15) is 14.4 Å². The van der Waals surface area contributed by atoms with E-state index in [1.165, 1.54) is 18.3 Å². The molecule has 8 nitrogen and oxygen atoms in total. The lowest BCUT2D eigenvalue weighted by Gasteiger charge is -1.96. The summed E-state index contributed by atoms with van der Waals surface area (Å²) in [5, 5.41) is 30.6. The highest BCUT2D eigenvalue weighted by Gasteiger charge is 2.31. The van der Waals surface area contributed by atoms with E-state index < -0.39 is 34.7 Å². The van der Waals surface area contributed by atoms with Crippen LogP contribution in [-0.2, 0) is 0 Å².